The number of halogens is 3. The van der Waals surface area contributed by atoms with Gasteiger partial charge in [-0.25, -0.2) is 0 Å². The summed E-state index contributed by atoms with van der Waals surface area (Å²) in [5.41, 5.74) is 0.461. The summed E-state index contributed by atoms with van der Waals surface area (Å²) in [6.07, 6.45) is -3.44. The van der Waals surface area contributed by atoms with E-state index in [2.05, 4.69) is 10.6 Å². The number of fused-ring (bicyclic) bond motifs is 1. The zero-order valence-electron chi connectivity index (χ0n) is 9.56. The van der Waals surface area contributed by atoms with Gasteiger partial charge in [-0.3, -0.25) is 0 Å². The van der Waals surface area contributed by atoms with Gasteiger partial charge < -0.3 is 10.6 Å². The van der Waals surface area contributed by atoms with Gasteiger partial charge in [-0.1, -0.05) is 12.1 Å². The average molecular weight is 244 g/mol. The van der Waals surface area contributed by atoms with Gasteiger partial charge in [-0.15, -0.1) is 0 Å². The van der Waals surface area contributed by atoms with Crippen molar-refractivity contribution in [2.45, 2.75) is 18.5 Å². The Bertz CT molecular complexity index is 401. The number of para-hydroxylation sites is 1. The normalized spacial score (nSPS) is 19.6. The number of nitrogens with one attached hydrogen (secondary N) is 2. The van der Waals surface area contributed by atoms with Gasteiger partial charge in [0.05, 0.1) is 5.56 Å². The van der Waals surface area contributed by atoms with Crippen LogP contribution in [-0.4, -0.2) is 20.1 Å². The predicted octanol–water partition coefficient (Wildman–Crippen LogP) is 2.82. The van der Waals surface area contributed by atoms with E-state index in [0.717, 1.165) is 18.1 Å². The van der Waals surface area contributed by atoms with Crippen LogP contribution in [-0.2, 0) is 6.18 Å². The Morgan fingerprint density at radius 2 is 2.18 bits per heavy atom. The van der Waals surface area contributed by atoms with E-state index in [-0.39, 0.29) is 11.6 Å². The molecule has 0 radical (unpaired) electrons. The third-order valence-electron chi connectivity index (χ3n) is 3.09. The molecule has 0 saturated carbocycles. The maximum absolute atomic E-state index is 12.8. The monoisotopic (exact) mass is 244 g/mol. The first-order valence-electron chi connectivity index (χ1n) is 5.62. The van der Waals surface area contributed by atoms with E-state index >= 15 is 0 Å². The highest BCUT2D eigenvalue weighted by atomic mass is 19.4. The minimum absolute atomic E-state index is 0.151. The molecule has 2 N–H and O–H groups in total. The van der Waals surface area contributed by atoms with Gasteiger partial charge in [-0.05, 0) is 25.1 Å². The van der Waals surface area contributed by atoms with E-state index in [1.54, 1.807) is 6.07 Å². The topological polar surface area (TPSA) is 24.1 Å². The second kappa shape index (κ2) is 4.56. The van der Waals surface area contributed by atoms with Crippen LogP contribution in [0.1, 0.15) is 23.5 Å². The Balaban J connectivity index is 2.44. The van der Waals surface area contributed by atoms with E-state index in [1.807, 2.05) is 7.05 Å². The number of likely N-dealkylation sites (N-methyl/N-ethyl adjacent to an activating group) is 1. The van der Waals surface area contributed by atoms with Crippen molar-refractivity contribution in [2.75, 3.05) is 25.5 Å². The molecule has 1 aromatic rings. The molecule has 0 saturated heterocycles. The molecule has 0 spiro atoms. The fourth-order valence-corrected chi connectivity index (χ4v) is 2.33. The van der Waals surface area contributed by atoms with Crippen molar-refractivity contribution in [1.82, 2.24) is 5.32 Å². The lowest BCUT2D eigenvalue weighted by atomic mass is 9.89. The van der Waals surface area contributed by atoms with Crippen molar-refractivity contribution in [3.8, 4) is 0 Å². The second-order valence-corrected chi connectivity index (χ2v) is 4.24. The molecule has 0 aromatic heterocycles. The Hall–Kier alpha value is -1.23. The molecule has 1 atom stereocenters. The van der Waals surface area contributed by atoms with Gasteiger partial charge in [-0.2, -0.15) is 13.2 Å². The Morgan fingerprint density at radius 1 is 1.41 bits per heavy atom. The highest BCUT2D eigenvalue weighted by Gasteiger charge is 2.36. The molecular formula is C12H15F3N2. The smallest absolute Gasteiger partial charge is 0.384 e. The van der Waals surface area contributed by atoms with Crippen molar-refractivity contribution >= 4 is 5.69 Å². The molecule has 17 heavy (non-hydrogen) atoms. The Morgan fingerprint density at radius 3 is 2.82 bits per heavy atom. The highest BCUT2D eigenvalue weighted by molar-refractivity contribution is 5.61. The van der Waals surface area contributed by atoms with Crippen molar-refractivity contribution in [3.05, 3.63) is 29.3 Å². The van der Waals surface area contributed by atoms with Crippen LogP contribution in [0.5, 0.6) is 0 Å². The molecule has 0 bridgehead atoms. The average Bonchev–Trinajstić information content (AvgIpc) is 2.28. The maximum atomic E-state index is 12.8. The molecule has 1 aliphatic rings. The van der Waals surface area contributed by atoms with Crippen molar-refractivity contribution < 1.29 is 13.2 Å². The molecule has 0 fully saturated rings. The summed E-state index contributed by atoms with van der Waals surface area (Å²) < 4.78 is 38.5. The lowest BCUT2D eigenvalue weighted by Crippen LogP contribution is -2.26. The van der Waals surface area contributed by atoms with Crippen LogP contribution in [0.25, 0.3) is 0 Å². The fourth-order valence-electron chi connectivity index (χ4n) is 2.33. The minimum atomic E-state index is -4.29. The standard InChI is InChI=1S/C12H15F3N2/c1-16-7-8-5-6-17-11-9(8)3-2-4-10(11)12(13,14)15/h2-4,8,16-17H,5-7H2,1H3. The summed E-state index contributed by atoms with van der Waals surface area (Å²) in [6, 6.07) is 4.39. The minimum Gasteiger partial charge on any atom is -0.384 e. The number of hydrogen-bond donors (Lipinski definition) is 2. The first-order chi connectivity index (χ1) is 8.04. The van der Waals surface area contributed by atoms with Gasteiger partial charge in [0.1, 0.15) is 0 Å². The van der Waals surface area contributed by atoms with Crippen molar-refractivity contribution in [2.24, 2.45) is 0 Å². The third-order valence-corrected chi connectivity index (χ3v) is 3.09. The molecule has 0 amide bonds. The SMILES string of the molecule is CNCC1CCNc2c1cccc2C(F)(F)F. The summed E-state index contributed by atoms with van der Waals surface area (Å²) in [4.78, 5) is 0. The summed E-state index contributed by atoms with van der Waals surface area (Å²) in [7, 11) is 1.81. The van der Waals surface area contributed by atoms with Crippen LogP contribution in [0.2, 0.25) is 0 Å². The summed E-state index contributed by atoms with van der Waals surface area (Å²) in [5, 5.41) is 5.91. The Labute approximate surface area is 98.2 Å². The second-order valence-electron chi connectivity index (χ2n) is 4.24. The summed E-state index contributed by atoms with van der Waals surface area (Å²) >= 11 is 0. The van der Waals surface area contributed by atoms with E-state index in [4.69, 9.17) is 0 Å². The molecule has 1 aromatic carbocycles. The lowest BCUT2D eigenvalue weighted by molar-refractivity contribution is -0.137. The fraction of sp³-hybridized carbons (Fsp3) is 0.500. The van der Waals surface area contributed by atoms with Gasteiger partial charge in [0.2, 0.25) is 0 Å². The number of anilines is 1. The van der Waals surface area contributed by atoms with Crippen molar-refractivity contribution in [3.63, 3.8) is 0 Å². The van der Waals surface area contributed by atoms with Crippen LogP contribution < -0.4 is 10.6 Å². The van der Waals surface area contributed by atoms with Crippen molar-refractivity contribution in [1.29, 1.82) is 0 Å². The van der Waals surface area contributed by atoms with Crippen LogP contribution in [0.15, 0.2) is 18.2 Å². The van der Waals surface area contributed by atoms with Crippen LogP contribution in [0, 0.1) is 0 Å². The molecule has 0 aliphatic carbocycles. The van der Waals surface area contributed by atoms with Crippen LogP contribution >= 0.6 is 0 Å². The van der Waals surface area contributed by atoms with Gasteiger partial charge in [0, 0.05) is 24.7 Å². The van der Waals surface area contributed by atoms with Crippen LogP contribution in [0.4, 0.5) is 18.9 Å². The molecule has 2 rings (SSSR count). The lowest BCUT2D eigenvalue weighted by Gasteiger charge is -2.29. The summed E-state index contributed by atoms with van der Waals surface area (Å²) in [6.45, 7) is 1.29. The molecule has 94 valence electrons. The van der Waals surface area contributed by atoms with Gasteiger partial charge in [0.15, 0.2) is 0 Å². The quantitative estimate of drug-likeness (QED) is 0.836. The molecule has 1 heterocycles. The maximum Gasteiger partial charge on any atom is 0.418 e. The first kappa shape index (κ1) is 12.2. The molecule has 1 unspecified atom stereocenters. The zero-order chi connectivity index (χ0) is 12.5. The van der Waals surface area contributed by atoms with E-state index < -0.39 is 11.7 Å². The first-order valence-corrected chi connectivity index (χ1v) is 5.62. The van der Waals surface area contributed by atoms with E-state index in [1.165, 1.54) is 6.07 Å². The number of benzene rings is 1. The van der Waals surface area contributed by atoms with Crippen LogP contribution in [0.3, 0.4) is 0 Å². The number of hydrogen-bond acceptors (Lipinski definition) is 2. The molecule has 1 aliphatic heterocycles. The Kier molecular flexibility index (Phi) is 3.28. The largest absolute Gasteiger partial charge is 0.418 e. The summed E-state index contributed by atoms with van der Waals surface area (Å²) in [5.74, 6) is 0.151. The molecule has 5 heteroatoms. The molecule has 2 nitrogen and oxygen atoms in total. The number of alkyl halides is 3. The highest BCUT2D eigenvalue weighted by Crippen LogP contribution is 2.41. The van der Waals surface area contributed by atoms with E-state index in [9.17, 15) is 13.2 Å². The van der Waals surface area contributed by atoms with E-state index in [0.29, 0.717) is 13.1 Å². The molecular weight excluding hydrogens is 229 g/mol. The third kappa shape index (κ3) is 2.39. The van der Waals surface area contributed by atoms with Gasteiger partial charge in [0.25, 0.3) is 0 Å². The predicted molar refractivity (Wildman–Crippen MR) is 61.2 cm³/mol. The number of rotatable bonds is 2. The zero-order valence-corrected chi connectivity index (χ0v) is 9.56. The van der Waals surface area contributed by atoms with Gasteiger partial charge >= 0.3 is 6.18 Å².